The van der Waals surface area contributed by atoms with E-state index in [0.717, 1.165) is 36.0 Å². The van der Waals surface area contributed by atoms with Gasteiger partial charge in [0.1, 0.15) is 17.2 Å². The third kappa shape index (κ3) is 10.9. The number of allylic oxidation sites excluding steroid dienone is 1. The fourth-order valence-corrected chi connectivity index (χ4v) is 4.49. The van der Waals surface area contributed by atoms with Gasteiger partial charge in [-0.3, -0.25) is 14.4 Å². The number of benzene rings is 2. The lowest BCUT2D eigenvalue weighted by molar-refractivity contribution is -0.160. The fourth-order valence-electron chi connectivity index (χ4n) is 4.49. The van der Waals surface area contributed by atoms with E-state index in [2.05, 4.69) is 41.5 Å². The molecule has 0 N–H and O–H groups in total. The van der Waals surface area contributed by atoms with E-state index in [4.69, 9.17) is 23.7 Å². The summed E-state index contributed by atoms with van der Waals surface area (Å²) in [7, 11) is 0. The van der Waals surface area contributed by atoms with E-state index >= 15 is 0 Å². The predicted molar refractivity (Wildman–Crippen MR) is 191 cm³/mol. The first-order valence-electron chi connectivity index (χ1n) is 17.0. The van der Waals surface area contributed by atoms with Gasteiger partial charge in [-0.1, -0.05) is 48.5 Å². The summed E-state index contributed by atoms with van der Waals surface area (Å²) in [5, 5.41) is 0. The molecule has 0 aliphatic rings. The van der Waals surface area contributed by atoms with E-state index in [0.29, 0.717) is 29.4 Å². The van der Waals surface area contributed by atoms with E-state index in [-0.39, 0.29) is 42.1 Å². The van der Waals surface area contributed by atoms with Crippen LogP contribution in [-0.4, -0.2) is 37.9 Å². The molecule has 0 fully saturated rings. The zero-order valence-corrected chi connectivity index (χ0v) is 31.6. The SMILES string of the molecule is CCCOc1c(C=CC(=O)c2ccc(OCOC(=O)C(C)(C)C)cc2)cc(C(C)(C)CC)c(OCOC(=O)C(C)(C)C)c1C(C)(C)CC. The van der Waals surface area contributed by atoms with Crippen LogP contribution in [0.1, 0.15) is 136 Å². The summed E-state index contributed by atoms with van der Waals surface area (Å²) in [6.45, 7) is 25.6. The van der Waals surface area contributed by atoms with Crippen LogP contribution in [0.4, 0.5) is 0 Å². The Labute approximate surface area is 288 Å². The molecule has 0 heterocycles. The Bertz CT molecular complexity index is 1430. The summed E-state index contributed by atoms with van der Waals surface area (Å²) < 4.78 is 29.1. The number of rotatable bonds is 16. The molecule has 0 aliphatic carbocycles. The van der Waals surface area contributed by atoms with Crippen LogP contribution in [0.2, 0.25) is 0 Å². The fraction of sp³-hybridized carbons (Fsp3) is 0.575. The number of carbonyl (C=O) groups is 3. The number of carbonyl (C=O) groups excluding carboxylic acids is 3. The van der Waals surface area contributed by atoms with Gasteiger partial charge >= 0.3 is 11.9 Å². The van der Waals surface area contributed by atoms with Crippen LogP contribution < -0.4 is 14.2 Å². The number of ketones is 1. The molecule has 0 saturated carbocycles. The Morgan fingerprint density at radius 2 is 1.19 bits per heavy atom. The maximum atomic E-state index is 13.4. The van der Waals surface area contributed by atoms with Crippen LogP contribution >= 0.6 is 0 Å². The summed E-state index contributed by atoms with van der Waals surface area (Å²) in [5.74, 6) is 0.876. The zero-order valence-electron chi connectivity index (χ0n) is 31.6. The highest BCUT2D eigenvalue weighted by Gasteiger charge is 2.35. The molecule has 8 heteroatoms. The molecule has 0 saturated heterocycles. The van der Waals surface area contributed by atoms with Crippen molar-refractivity contribution in [1.82, 2.24) is 0 Å². The lowest BCUT2D eigenvalue weighted by Gasteiger charge is -2.35. The van der Waals surface area contributed by atoms with Crippen LogP contribution in [0.5, 0.6) is 17.2 Å². The molecule has 2 aromatic rings. The maximum Gasteiger partial charge on any atom is 0.314 e. The Morgan fingerprint density at radius 1 is 0.667 bits per heavy atom. The highest BCUT2D eigenvalue weighted by molar-refractivity contribution is 6.07. The quantitative estimate of drug-likeness (QED) is 0.0756. The van der Waals surface area contributed by atoms with Gasteiger partial charge in [0.05, 0.1) is 17.4 Å². The van der Waals surface area contributed by atoms with Crippen molar-refractivity contribution in [2.24, 2.45) is 10.8 Å². The molecule has 0 aromatic heterocycles. The second kappa shape index (κ2) is 16.5. The molecule has 0 unspecified atom stereocenters. The lowest BCUT2D eigenvalue weighted by Crippen LogP contribution is -2.27. The Kier molecular flexibility index (Phi) is 13.9. The third-order valence-electron chi connectivity index (χ3n) is 8.47. The summed E-state index contributed by atoms with van der Waals surface area (Å²) in [5.41, 5.74) is 1.09. The number of hydrogen-bond acceptors (Lipinski definition) is 8. The molecular formula is C40H58O8. The second-order valence-electron chi connectivity index (χ2n) is 15.5. The highest BCUT2D eigenvalue weighted by Crippen LogP contribution is 2.49. The van der Waals surface area contributed by atoms with E-state index in [1.165, 1.54) is 0 Å². The number of hydrogen-bond donors (Lipinski definition) is 0. The molecule has 2 rings (SSSR count). The van der Waals surface area contributed by atoms with Gasteiger partial charge in [0.25, 0.3) is 0 Å². The van der Waals surface area contributed by atoms with Gasteiger partial charge < -0.3 is 23.7 Å². The zero-order chi connectivity index (χ0) is 36.5. The van der Waals surface area contributed by atoms with Gasteiger partial charge in [0.15, 0.2) is 5.78 Å². The smallest absolute Gasteiger partial charge is 0.314 e. The summed E-state index contributed by atoms with van der Waals surface area (Å²) in [6, 6.07) is 8.73. The second-order valence-corrected chi connectivity index (χ2v) is 15.5. The van der Waals surface area contributed by atoms with Crippen molar-refractivity contribution in [2.75, 3.05) is 20.2 Å². The largest absolute Gasteiger partial charge is 0.493 e. The van der Waals surface area contributed by atoms with Gasteiger partial charge in [-0.15, -0.1) is 0 Å². The molecule has 0 spiro atoms. The molecule has 0 amide bonds. The molecule has 8 nitrogen and oxygen atoms in total. The molecule has 48 heavy (non-hydrogen) atoms. The lowest BCUT2D eigenvalue weighted by atomic mass is 9.74. The van der Waals surface area contributed by atoms with Crippen molar-refractivity contribution >= 4 is 23.8 Å². The predicted octanol–water partition coefficient (Wildman–Crippen LogP) is 9.60. The molecule has 0 atom stereocenters. The van der Waals surface area contributed by atoms with Crippen LogP contribution in [0.25, 0.3) is 6.08 Å². The van der Waals surface area contributed by atoms with Crippen molar-refractivity contribution in [3.8, 4) is 17.2 Å². The van der Waals surface area contributed by atoms with E-state index in [1.807, 2.05) is 13.0 Å². The number of esters is 2. The first-order valence-corrected chi connectivity index (χ1v) is 17.0. The van der Waals surface area contributed by atoms with E-state index in [1.54, 1.807) is 78.0 Å². The van der Waals surface area contributed by atoms with Crippen LogP contribution in [0.15, 0.2) is 36.4 Å². The Morgan fingerprint density at radius 3 is 1.67 bits per heavy atom. The van der Waals surface area contributed by atoms with Crippen LogP contribution in [0.3, 0.4) is 0 Å². The van der Waals surface area contributed by atoms with Crippen LogP contribution in [0, 0.1) is 10.8 Å². The van der Waals surface area contributed by atoms with E-state index < -0.39 is 10.8 Å². The molecule has 0 radical (unpaired) electrons. The highest BCUT2D eigenvalue weighted by atomic mass is 16.7. The van der Waals surface area contributed by atoms with Gasteiger partial charge in [0, 0.05) is 22.3 Å². The summed E-state index contributed by atoms with van der Waals surface area (Å²) in [4.78, 5) is 38.0. The average molecular weight is 667 g/mol. The first-order chi connectivity index (χ1) is 22.2. The van der Waals surface area contributed by atoms with Gasteiger partial charge in [0.2, 0.25) is 13.6 Å². The molecule has 2 aromatic carbocycles. The first kappa shape index (κ1) is 40.4. The Balaban J connectivity index is 2.57. The van der Waals surface area contributed by atoms with E-state index in [9.17, 15) is 14.4 Å². The third-order valence-corrected chi connectivity index (χ3v) is 8.47. The monoisotopic (exact) mass is 666 g/mol. The van der Waals surface area contributed by atoms with Crippen molar-refractivity contribution in [1.29, 1.82) is 0 Å². The van der Waals surface area contributed by atoms with Crippen molar-refractivity contribution < 1.29 is 38.1 Å². The minimum atomic E-state index is -0.661. The maximum absolute atomic E-state index is 13.4. The average Bonchev–Trinajstić information content (AvgIpc) is 3.01. The minimum absolute atomic E-state index is 0.191. The molecule has 0 bridgehead atoms. The molecule has 266 valence electrons. The molecule has 0 aliphatic heterocycles. The summed E-state index contributed by atoms with van der Waals surface area (Å²) >= 11 is 0. The molecular weight excluding hydrogens is 608 g/mol. The van der Waals surface area contributed by atoms with Gasteiger partial charge in [-0.25, -0.2) is 0 Å². The van der Waals surface area contributed by atoms with Crippen LogP contribution in [-0.2, 0) is 29.9 Å². The van der Waals surface area contributed by atoms with Gasteiger partial charge in [-0.2, -0.15) is 0 Å². The van der Waals surface area contributed by atoms with Crippen molar-refractivity contribution in [3.05, 3.63) is 58.7 Å². The Hall–Kier alpha value is -3.81. The van der Waals surface area contributed by atoms with Gasteiger partial charge in [-0.05, 0) is 114 Å². The standard InChI is InChI=1S/C40H58O8/c1-14-23-44-33-28(19-22-31(41)27-17-20-29(21-18-27)45-25-47-35(42)37(4,5)6)24-30(39(10,11)15-2)34(32(33)40(12,13)16-3)46-26-48-36(43)38(7,8)9/h17-22,24H,14-16,23,25-26H2,1-13H3. The number of ether oxygens (including phenoxy) is 5. The summed E-state index contributed by atoms with van der Waals surface area (Å²) in [6.07, 6.45) is 5.75. The topological polar surface area (TPSA) is 97.4 Å². The van der Waals surface area contributed by atoms with Crippen molar-refractivity contribution in [2.45, 2.75) is 120 Å². The normalized spacial score (nSPS) is 12.5. The van der Waals surface area contributed by atoms with Crippen molar-refractivity contribution in [3.63, 3.8) is 0 Å². The minimum Gasteiger partial charge on any atom is -0.493 e.